The van der Waals surface area contributed by atoms with Crippen molar-refractivity contribution in [2.75, 3.05) is 26.0 Å². The number of halogens is 1. The number of likely N-dealkylation sites (N-methyl/N-ethyl adjacent to an activating group) is 1. The van der Waals surface area contributed by atoms with E-state index in [4.69, 9.17) is 10.5 Å². The molecule has 1 aromatic carbocycles. The fourth-order valence-electron chi connectivity index (χ4n) is 7.17. The number of aromatic hydroxyl groups is 1. The van der Waals surface area contributed by atoms with Gasteiger partial charge in [-0.15, -0.1) is 5.09 Å². The number of amides is 2. The molecule has 1 radical (unpaired) electrons. The van der Waals surface area contributed by atoms with Crippen LogP contribution in [0.5, 0.6) is 5.75 Å². The molecule has 2 amide bonds. The number of hydrogen-bond acceptors (Lipinski definition) is 14. The van der Waals surface area contributed by atoms with E-state index >= 15 is 4.39 Å². The number of ketones is 4. The summed E-state index contributed by atoms with van der Waals surface area (Å²) >= 11 is 0. The summed E-state index contributed by atoms with van der Waals surface area (Å²) in [5, 5.41) is 30.3. The van der Waals surface area contributed by atoms with E-state index in [0.29, 0.717) is 7.41 Å². The van der Waals surface area contributed by atoms with Crippen LogP contribution in [-0.2, 0) is 35.1 Å². The van der Waals surface area contributed by atoms with Crippen LogP contribution in [0.1, 0.15) is 56.0 Å². The van der Waals surface area contributed by atoms with Crippen molar-refractivity contribution in [3.63, 3.8) is 0 Å². The number of carbonyl (C=O) groups excluding carboxylic acids is 7. The fourth-order valence-corrected chi connectivity index (χ4v) is 7.17. The highest BCUT2D eigenvalue weighted by Gasteiger charge is 2.69. The molecule has 1 aromatic rings. The largest absolute Gasteiger partial charge is 0.505 e. The third-order valence-corrected chi connectivity index (χ3v) is 9.21. The molecule has 49 heavy (non-hydrogen) atoms. The molecule has 263 valence electrons. The zero-order valence-electron chi connectivity index (χ0n) is 27.6. The quantitative estimate of drug-likeness (QED) is 0.0677. The first-order chi connectivity index (χ1) is 22.8. The van der Waals surface area contributed by atoms with Crippen LogP contribution in [0, 0.1) is 34.4 Å². The second kappa shape index (κ2) is 13.7. The zero-order valence-corrected chi connectivity index (χ0v) is 27.6. The number of alkyl carbamates (subject to hydrolysis) is 1. The van der Waals surface area contributed by atoms with Crippen molar-refractivity contribution in [1.29, 1.82) is 0 Å². The molecule has 6 N–H and O–H groups in total. The summed E-state index contributed by atoms with van der Waals surface area (Å²) in [6.07, 6.45) is -1.32. The Kier molecular flexibility index (Phi) is 10.4. The molecule has 18 heteroatoms. The van der Waals surface area contributed by atoms with E-state index < -0.39 is 105 Å². The number of fused-ring (bicyclic) bond motifs is 3. The standard InChI is InChI=1S/C31H38BFN5O11/c1-30(2,3)49-29(46)36-16(27(44)32-37-48)7-6-8-35-17-11-15(33)13-9-12-10-14-21(38(4)5)24(41)20(28(34)45)26(43)31(14,47)25(42)18(12)23(40)19(13)22(17)39/h11-12,14,16,18,20-21,35,39,47H,6-10H2,1-5H3,(H2,34,45)(H,36,46)/t12-,14-,16-,18?,20?,21-,31-/m0/s1. The lowest BCUT2D eigenvalue weighted by Gasteiger charge is -2.52. The highest BCUT2D eigenvalue weighted by Crippen LogP contribution is 2.51. The fraction of sp³-hybridized carbons (Fsp3) is 0.581. The van der Waals surface area contributed by atoms with Gasteiger partial charge in [-0.05, 0) is 66.5 Å². The van der Waals surface area contributed by atoms with Crippen molar-refractivity contribution in [2.45, 2.75) is 69.7 Å². The lowest BCUT2D eigenvalue weighted by atomic mass is 9.52. The van der Waals surface area contributed by atoms with Gasteiger partial charge in [0.05, 0.1) is 29.3 Å². The third kappa shape index (κ3) is 6.83. The van der Waals surface area contributed by atoms with Gasteiger partial charge in [0.25, 0.3) is 0 Å². The summed E-state index contributed by atoms with van der Waals surface area (Å²) in [5.41, 5.74) is -0.232. The van der Waals surface area contributed by atoms with Crippen LogP contribution in [0.25, 0.3) is 0 Å². The van der Waals surface area contributed by atoms with Gasteiger partial charge in [0.2, 0.25) is 5.91 Å². The van der Waals surface area contributed by atoms with Crippen molar-refractivity contribution in [1.82, 2.24) is 10.2 Å². The number of anilines is 1. The molecule has 3 aliphatic carbocycles. The van der Waals surface area contributed by atoms with Gasteiger partial charge >= 0.3 is 13.5 Å². The van der Waals surface area contributed by atoms with Crippen LogP contribution in [0.2, 0.25) is 0 Å². The summed E-state index contributed by atoms with van der Waals surface area (Å²) in [6.45, 7) is 4.80. The van der Waals surface area contributed by atoms with Crippen molar-refractivity contribution in [2.24, 2.45) is 34.5 Å². The second-order valence-electron chi connectivity index (χ2n) is 13.8. The van der Waals surface area contributed by atoms with Gasteiger partial charge in [-0.2, -0.15) is 4.91 Å². The van der Waals surface area contributed by atoms with Crippen molar-refractivity contribution in [3.8, 4) is 5.75 Å². The monoisotopic (exact) mass is 686 g/mol. The Morgan fingerprint density at radius 3 is 2.43 bits per heavy atom. The van der Waals surface area contributed by atoms with Gasteiger partial charge in [0.1, 0.15) is 22.9 Å². The van der Waals surface area contributed by atoms with E-state index in [1.54, 1.807) is 20.8 Å². The topological polar surface area (TPSA) is 252 Å². The van der Waals surface area contributed by atoms with Crippen LogP contribution >= 0.6 is 0 Å². The maximum absolute atomic E-state index is 15.6. The molecule has 3 aliphatic rings. The number of Topliss-reactive ketones (excluding diaryl/α,β-unsaturated/α-hetero) is 4. The lowest BCUT2D eigenvalue weighted by Crippen LogP contribution is -2.74. The molecule has 0 aromatic heterocycles. The number of rotatable bonds is 11. The Labute approximate surface area is 280 Å². The highest BCUT2D eigenvalue weighted by molar-refractivity contribution is 6.73. The first-order valence-electron chi connectivity index (χ1n) is 15.6. The number of phenols is 1. The molecule has 2 saturated carbocycles. The predicted octanol–water partition coefficient (Wildman–Crippen LogP) is 0.00370. The molecule has 0 saturated heterocycles. The second-order valence-corrected chi connectivity index (χ2v) is 13.8. The minimum Gasteiger partial charge on any atom is -0.505 e. The Morgan fingerprint density at radius 2 is 1.86 bits per heavy atom. The van der Waals surface area contributed by atoms with Crippen LogP contribution in [0.4, 0.5) is 14.9 Å². The van der Waals surface area contributed by atoms with Gasteiger partial charge in [0, 0.05) is 24.1 Å². The van der Waals surface area contributed by atoms with Gasteiger partial charge in [-0.1, -0.05) is 0 Å². The van der Waals surface area contributed by atoms with E-state index in [2.05, 4.69) is 15.7 Å². The molecule has 0 aliphatic heterocycles. The van der Waals surface area contributed by atoms with Gasteiger partial charge in [-0.25, -0.2) is 9.18 Å². The summed E-state index contributed by atoms with van der Waals surface area (Å²) in [6, 6.07) is -1.54. The van der Waals surface area contributed by atoms with E-state index in [-0.39, 0.29) is 43.5 Å². The molecule has 0 bridgehead atoms. The third-order valence-electron chi connectivity index (χ3n) is 9.21. The van der Waals surface area contributed by atoms with Crippen molar-refractivity contribution < 1.29 is 52.9 Å². The zero-order chi connectivity index (χ0) is 36.7. The normalized spacial score (nSPS) is 27.0. The minimum atomic E-state index is -2.92. The number of carbonyl (C=O) groups is 7. The lowest BCUT2D eigenvalue weighted by molar-refractivity contribution is -0.181. The molecule has 0 heterocycles. The summed E-state index contributed by atoms with van der Waals surface area (Å²) < 4.78 is 20.7. The maximum atomic E-state index is 15.6. The van der Waals surface area contributed by atoms with E-state index in [9.17, 15) is 48.7 Å². The number of benzene rings is 1. The van der Waals surface area contributed by atoms with Crippen LogP contribution in [-0.4, -0.2) is 107 Å². The Balaban J connectivity index is 1.57. The highest BCUT2D eigenvalue weighted by atomic mass is 19.1. The van der Waals surface area contributed by atoms with Gasteiger partial charge < -0.3 is 36.1 Å². The van der Waals surface area contributed by atoms with Gasteiger partial charge in [-0.3, -0.25) is 28.9 Å². The number of phenolic OH excluding ortho intramolecular Hbond substituents is 1. The van der Waals surface area contributed by atoms with E-state index in [1.165, 1.54) is 19.0 Å². The number of nitrogens with two attached hydrogens (primary N) is 1. The number of nitrogens with zero attached hydrogens (tertiary/aromatic N) is 2. The average molecular weight is 686 g/mol. The van der Waals surface area contributed by atoms with Crippen molar-refractivity contribution >= 4 is 53.9 Å². The number of aliphatic hydroxyl groups is 1. The molecule has 4 rings (SSSR count). The number of hydrogen-bond donors (Lipinski definition) is 5. The predicted molar refractivity (Wildman–Crippen MR) is 169 cm³/mol. The summed E-state index contributed by atoms with van der Waals surface area (Å²) in [7, 11) is 3.41. The van der Waals surface area contributed by atoms with E-state index in [1.807, 2.05) is 0 Å². The molecule has 16 nitrogen and oxygen atoms in total. The van der Waals surface area contributed by atoms with E-state index in [0.717, 1.165) is 6.07 Å². The minimum absolute atomic E-state index is 0.0380. The molecular formula is C31H38BFN5O11. The summed E-state index contributed by atoms with van der Waals surface area (Å²) in [4.78, 5) is 103. The van der Waals surface area contributed by atoms with Crippen molar-refractivity contribution in [3.05, 3.63) is 27.9 Å². The number of nitroso groups, excluding NO2 is 1. The van der Waals surface area contributed by atoms with Crippen LogP contribution < -0.4 is 16.4 Å². The maximum Gasteiger partial charge on any atom is 0.421 e. The molecular weight excluding hydrogens is 648 g/mol. The molecule has 7 atom stereocenters. The first-order valence-corrected chi connectivity index (χ1v) is 15.6. The Bertz CT molecular complexity index is 1630. The average Bonchev–Trinajstić information content (AvgIpc) is 2.97. The smallest absolute Gasteiger partial charge is 0.421 e. The Morgan fingerprint density at radius 1 is 1.20 bits per heavy atom. The SMILES string of the molecule is CN(C)[C@@H]1C(=O)C(C(N)=O)C(=O)[C@@]2(O)C(=O)C3C(=O)c4c(O)c(NCCC[C@H](NC(=O)OC(C)(C)C)C(=O)[B]N=O)cc(F)c4C[C@H]3C[C@@H]12. The van der Waals surface area contributed by atoms with Gasteiger partial charge in [0.15, 0.2) is 34.7 Å². The Hall–Kier alpha value is -4.58. The van der Waals surface area contributed by atoms with Crippen LogP contribution in [0.3, 0.4) is 0 Å². The molecule has 0 spiro atoms. The number of primary amides is 1. The molecule has 2 unspecified atom stereocenters. The number of nitrogens with one attached hydrogen (secondary N) is 2. The summed E-state index contributed by atoms with van der Waals surface area (Å²) in [5.74, 6) is -13.7. The first kappa shape index (κ1) is 37.2. The number of ether oxygens (including phenoxy) is 1. The van der Waals surface area contributed by atoms with Crippen LogP contribution in [0.15, 0.2) is 11.2 Å². The molecule has 2 fully saturated rings.